The van der Waals surface area contributed by atoms with E-state index >= 15 is 0 Å². The van der Waals surface area contributed by atoms with Crippen molar-refractivity contribution in [1.82, 2.24) is 4.57 Å². The maximum Gasteiger partial charge on any atom is 0.169 e. The topological polar surface area (TPSA) is 14.2 Å². The van der Waals surface area contributed by atoms with Crippen LogP contribution in [0, 0.1) is 19.7 Å². The van der Waals surface area contributed by atoms with Gasteiger partial charge >= 0.3 is 0 Å². The Balaban J connectivity index is 1.99. The van der Waals surface area contributed by atoms with E-state index in [1.165, 1.54) is 6.42 Å². The molecule has 4 heteroatoms. The van der Waals surface area contributed by atoms with E-state index in [1.54, 1.807) is 12.1 Å². The summed E-state index contributed by atoms with van der Waals surface area (Å²) in [6.45, 7) is 3.89. The van der Waals surface area contributed by atoms with Crippen LogP contribution < -0.4 is 4.74 Å². The van der Waals surface area contributed by atoms with Gasteiger partial charge in [-0.25, -0.2) is 4.39 Å². The number of nitrogens with zero attached hydrogens (tertiary/aromatic N) is 1. The van der Waals surface area contributed by atoms with Crippen LogP contribution in [-0.2, 0) is 0 Å². The Labute approximate surface area is 123 Å². The van der Waals surface area contributed by atoms with E-state index in [-0.39, 0.29) is 11.1 Å². The predicted octanol–water partition coefficient (Wildman–Crippen LogP) is 4.82. The van der Waals surface area contributed by atoms with Crippen molar-refractivity contribution in [3.63, 3.8) is 0 Å². The molecule has 2 aromatic rings. The lowest BCUT2D eigenvalue weighted by Crippen LogP contribution is -2.24. The number of rotatable bonds is 3. The Morgan fingerprint density at radius 3 is 2.35 bits per heavy atom. The number of aromatic nitrogens is 1. The summed E-state index contributed by atoms with van der Waals surface area (Å²) in [5.74, 6) is 0.0194. The Bertz CT molecular complexity index is 627. The van der Waals surface area contributed by atoms with Crippen LogP contribution in [0.25, 0.3) is 5.69 Å². The molecule has 1 aliphatic rings. The second-order valence-corrected chi connectivity index (χ2v) is 5.71. The Morgan fingerprint density at radius 2 is 1.80 bits per heavy atom. The van der Waals surface area contributed by atoms with Crippen LogP contribution in [0.15, 0.2) is 24.3 Å². The standard InChI is InChI=1S/C16H17ClFNO/c1-10-6-7-11(2)19(10)13-8-9-14(15(17)16(13)18)20-12-4-3-5-12/h6-9,12H,3-5H2,1-2H3. The molecule has 106 valence electrons. The molecule has 1 saturated carbocycles. The van der Waals surface area contributed by atoms with Crippen LogP contribution in [0.1, 0.15) is 30.7 Å². The van der Waals surface area contributed by atoms with Crippen LogP contribution in [0.4, 0.5) is 4.39 Å². The third kappa shape index (κ3) is 2.20. The maximum absolute atomic E-state index is 14.5. The summed E-state index contributed by atoms with van der Waals surface area (Å²) in [7, 11) is 0. The monoisotopic (exact) mass is 293 g/mol. The highest BCUT2D eigenvalue weighted by atomic mass is 35.5. The van der Waals surface area contributed by atoms with Crippen LogP contribution in [0.2, 0.25) is 5.02 Å². The van der Waals surface area contributed by atoms with Gasteiger partial charge in [-0.15, -0.1) is 0 Å². The van der Waals surface area contributed by atoms with Gasteiger partial charge in [-0.05, 0) is 57.4 Å². The van der Waals surface area contributed by atoms with Crippen molar-refractivity contribution in [2.24, 2.45) is 0 Å². The van der Waals surface area contributed by atoms with Crippen molar-refractivity contribution in [2.75, 3.05) is 0 Å². The summed E-state index contributed by atoms with van der Waals surface area (Å²) in [5, 5.41) is 0.0712. The van der Waals surface area contributed by atoms with E-state index in [1.807, 2.05) is 30.5 Å². The molecule has 3 rings (SSSR count). The fourth-order valence-electron chi connectivity index (χ4n) is 2.50. The average Bonchev–Trinajstić information content (AvgIpc) is 2.70. The van der Waals surface area contributed by atoms with Gasteiger partial charge in [0, 0.05) is 11.4 Å². The van der Waals surface area contributed by atoms with Crippen molar-refractivity contribution in [1.29, 1.82) is 0 Å². The number of hydrogen-bond acceptors (Lipinski definition) is 1. The van der Waals surface area contributed by atoms with Crippen LogP contribution >= 0.6 is 11.6 Å². The molecule has 2 nitrogen and oxygen atoms in total. The Morgan fingerprint density at radius 1 is 1.15 bits per heavy atom. The van der Waals surface area contributed by atoms with E-state index in [4.69, 9.17) is 16.3 Å². The van der Waals surface area contributed by atoms with Crippen molar-refractivity contribution in [3.8, 4) is 11.4 Å². The normalized spacial score (nSPS) is 15.2. The van der Waals surface area contributed by atoms with Gasteiger partial charge in [0.2, 0.25) is 0 Å². The zero-order valence-electron chi connectivity index (χ0n) is 11.6. The largest absolute Gasteiger partial charge is 0.489 e. The molecule has 1 fully saturated rings. The average molecular weight is 294 g/mol. The van der Waals surface area contributed by atoms with Gasteiger partial charge in [0.1, 0.15) is 10.8 Å². The van der Waals surface area contributed by atoms with Gasteiger partial charge in [0.15, 0.2) is 5.82 Å². The summed E-state index contributed by atoms with van der Waals surface area (Å²) in [6.07, 6.45) is 3.41. The molecule has 0 spiro atoms. The highest BCUT2D eigenvalue weighted by Gasteiger charge is 2.22. The lowest BCUT2D eigenvalue weighted by Gasteiger charge is -2.27. The zero-order chi connectivity index (χ0) is 14.3. The summed E-state index contributed by atoms with van der Waals surface area (Å²) < 4.78 is 22.1. The fraction of sp³-hybridized carbons (Fsp3) is 0.375. The quantitative estimate of drug-likeness (QED) is 0.791. The van der Waals surface area contributed by atoms with Gasteiger partial charge in [0.05, 0.1) is 11.8 Å². The van der Waals surface area contributed by atoms with E-state index in [0.717, 1.165) is 24.2 Å². The first-order valence-corrected chi connectivity index (χ1v) is 7.25. The molecule has 1 aromatic carbocycles. The van der Waals surface area contributed by atoms with Gasteiger partial charge in [-0.1, -0.05) is 11.6 Å². The number of aryl methyl sites for hydroxylation is 2. The summed E-state index contributed by atoms with van der Waals surface area (Å²) in [4.78, 5) is 0. The van der Waals surface area contributed by atoms with Crippen molar-refractivity contribution >= 4 is 11.6 Å². The number of hydrogen-bond donors (Lipinski definition) is 0. The zero-order valence-corrected chi connectivity index (χ0v) is 12.4. The van der Waals surface area contributed by atoms with Crippen molar-refractivity contribution < 1.29 is 9.13 Å². The molecule has 1 heterocycles. The molecular formula is C16H17ClFNO. The first-order chi connectivity index (χ1) is 9.58. The number of benzene rings is 1. The smallest absolute Gasteiger partial charge is 0.169 e. The molecule has 0 radical (unpaired) electrons. The predicted molar refractivity (Wildman–Crippen MR) is 78.5 cm³/mol. The maximum atomic E-state index is 14.5. The first kappa shape index (κ1) is 13.5. The minimum atomic E-state index is -0.425. The summed E-state index contributed by atoms with van der Waals surface area (Å²) in [5.41, 5.74) is 2.42. The number of halogens is 2. The van der Waals surface area contributed by atoms with Gasteiger partial charge in [-0.3, -0.25) is 0 Å². The molecule has 1 aromatic heterocycles. The van der Waals surface area contributed by atoms with Crippen molar-refractivity contribution in [3.05, 3.63) is 46.5 Å². The molecule has 0 saturated heterocycles. The summed E-state index contributed by atoms with van der Waals surface area (Å²) >= 11 is 6.13. The summed E-state index contributed by atoms with van der Waals surface area (Å²) in [6, 6.07) is 7.41. The molecular weight excluding hydrogens is 277 g/mol. The molecule has 0 aliphatic heterocycles. The van der Waals surface area contributed by atoms with E-state index < -0.39 is 5.82 Å². The third-order valence-corrected chi connectivity index (χ3v) is 4.24. The third-order valence-electron chi connectivity index (χ3n) is 3.88. The Hall–Kier alpha value is -1.48. The molecule has 0 atom stereocenters. The van der Waals surface area contributed by atoms with Gasteiger partial charge < -0.3 is 9.30 Å². The second-order valence-electron chi connectivity index (χ2n) is 5.33. The molecule has 0 bridgehead atoms. The second kappa shape index (κ2) is 5.13. The highest BCUT2D eigenvalue weighted by Crippen LogP contribution is 2.35. The van der Waals surface area contributed by atoms with Gasteiger partial charge in [-0.2, -0.15) is 0 Å². The minimum Gasteiger partial charge on any atom is -0.489 e. The Kier molecular flexibility index (Phi) is 3.47. The molecule has 0 unspecified atom stereocenters. The minimum absolute atomic E-state index is 0.0712. The molecule has 0 N–H and O–H groups in total. The molecule has 20 heavy (non-hydrogen) atoms. The van der Waals surface area contributed by atoms with E-state index in [2.05, 4.69) is 0 Å². The highest BCUT2D eigenvalue weighted by molar-refractivity contribution is 6.32. The lowest BCUT2D eigenvalue weighted by molar-refractivity contribution is 0.120. The van der Waals surface area contributed by atoms with Gasteiger partial charge in [0.25, 0.3) is 0 Å². The molecule has 1 aliphatic carbocycles. The fourth-order valence-corrected chi connectivity index (χ4v) is 2.71. The van der Waals surface area contributed by atoms with E-state index in [9.17, 15) is 4.39 Å². The first-order valence-electron chi connectivity index (χ1n) is 6.88. The van der Waals surface area contributed by atoms with Crippen molar-refractivity contribution in [2.45, 2.75) is 39.2 Å². The van der Waals surface area contributed by atoms with Crippen LogP contribution in [0.3, 0.4) is 0 Å². The SMILES string of the molecule is Cc1ccc(C)n1-c1ccc(OC2CCC2)c(Cl)c1F. The number of ether oxygens (including phenoxy) is 1. The van der Waals surface area contributed by atoms with Crippen LogP contribution in [-0.4, -0.2) is 10.7 Å². The van der Waals surface area contributed by atoms with Crippen LogP contribution in [0.5, 0.6) is 5.75 Å². The lowest BCUT2D eigenvalue weighted by atomic mass is 9.96. The van der Waals surface area contributed by atoms with E-state index in [0.29, 0.717) is 11.4 Å². The molecule has 0 amide bonds.